The lowest BCUT2D eigenvalue weighted by Crippen LogP contribution is -2.30. The molecule has 0 aliphatic carbocycles. The van der Waals surface area contributed by atoms with Crippen molar-refractivity contribution in [3.8, 4) is 0 Å². The number of nitro groups is 1. The zero-order chi connectivity index (χ0) is 13.0. The summed E-state index contributed by atoms with van der Waals surface area (Å²) < 4.78 is 0. The minimum atomic E-state index is -0.544. The number of amides is 1. The van der Waals surface area contributed by atoms with Crippen molar-refractivity contribution in [2.75, 3.05) is 13.1 Å². The Morgan fingerprint density at radius 2 is 2.00 bits per heavy atom. The molecule has 5 nitrogen and oxygen atoms in total. The van der Waals surface area contributed by atoms with E-state index in [1.54, 1.807) is 4.90 Å². The van der Waals surface area contributed by atoms with Crippen molar-refractivity contribution in [1.29, 1.82) is 0 Å². The number of halogens is 1. The fourth-order valence-electron chi connectivity index (χ4n) is 1.47. The molecule has 0 aliphatic rings. The fourth-order valence-corrected chi connectivity index (χ4v) is 1.73. The summed E-state index contributed by atoms with van der Waals surface area (Å²) in [6, 6.07) is 3.86. The van der Waals surface area contributed by atoms with Crippen molar-refractivity contribution >= 4 is 23.2 Å². The summed E-state index contributed by atoms with van der Waals surface area (Å²) in [6.45, 7) is 4.87. The quantitative estimate of drug-likeness (QED) is 0.615. The van der Waals surface area contributed by atoms with Crippen LogP contribution in [0.3, 0.4) is 0 Å². The molecule has 0 saturated carbocycles. The Morgan fingerprint density at radius 3 is 2.41 bits per heavy atom. The van der Waals surface area contributed by atoms with E-state index in [1.165, 1.54) is 18.2 Å². The summed E-state index contributed by atoms with van der Waals surface area (Å²) in [6.07, 6.45) is 0. The molecule has 0 atom stereocenters. The van der Waals surface area contributed by atoms with E-state index in [0.29, 0.717) is 18.7 Å². The van der Waals surface area contributed by atoms with Gasteiger partial charge in [-0.1, -0.05) is 11.6 Å². The molecule has 1 aromatic rings. The number of hydrogen-bond acceptors (Lipinski definition) is 3. The molecule has 1 aromatic carbocycles. The summed E-state index contributed by atoms with van der Waals surface area (Å²) in [5.74, 6) is -0.213. The zero-order valence-corrected chi connectivity index (χ0v) is 10.4. The molecule has 0 aromatic heterocycles. The first-order valence-electron chi connectivity index (χ1n) is 5.24. The first kappa shape index (κ1) is 13.4. The number of non-ortho nitro benzene ring substituents is 1. The Bertz CT molecular complexity index is 444. The molecular weight excluding hydrogens is 244 g/mol. The molecule has 0 radical (unpaired) electrons. The maximum absolute atomic E-state index is 12.0. The van der Waals surface area contributed by atoms with E-state index in [0.717, 1.165) is 0 Å². The molecule has 0 fully saturated rings. The topological polar surface area (TPSA) is 63.5 Å². The van der Waals surface area contributed by atoms with E-state index in [9.17, 15) is 14.9 Å². The lowest BCUT2D eigenvalue weighted by Gasteiger charge is -2.19. The van der Waals surface area contributed by atoms with Crippen molar-refractivity contribution in [3.63, 3.8) is 0 Å². The third kappa shape index (κ3) is 2.94. The van der Waals surface area contributed by atoms with Crippen LogP contribution in [0.15, 0.2) is 18.2 Å². The van der Waals surface area contributed by atoms with Crippen molar-refractivity contribution < 1.29 is 9.72 Å². The van der Waals surface area contributed by atoms with Gasteiger partial charge in [0, 0.05) is 25.2 Å². The number of benzene rings is 1. The number of rotatable bonds is 4. The molecule has 1 amide bonds. The van der Waals surface area contributed by atoms with Crippen LogP contribution >= 0.6 is 11.6 Å². The van der Waals surface area contributed by atoms with E-state index >= 15 is 0 Å². The van der Waals surface area contributed by atoms with E-state index in [-0.39, 0.29) is 16.6 Å². The van der Waals surface area contributed by atoms with Crippen LogP contribution in [-0.2, 0) is 0 Å². The van der Waals surface area contributed by atoms with Gasteiger partial charge < -0.3 is 4.90 Å². The third-order valence-electron chi connectivity index (χ3n) is 2.44. The summed E-state index contributed by atoms with van der Waals surface area (Å²) in [7, 11) is 0. The number of hydrogen-bond donors (Lipinski definition) is 0. The van der Waals surface area contributed by atoms with Gasteiger partial charge in [-0.2, -0.15) is 0 Å². The van der Waals surface area contributed by atoms with Gasteiger partial charge in [-0.05, 0) is 19.9 Å². The summed E-state index contributed by atoms with van der Waals surface area (Å²) in [5.41, 5.74) is 0.173. The second-order valence-electron chi connectivity index (χ2n) is 3.40. The highest BCUT2D eigenvalue weighted by Gasteiger charge is 2.18. The lowest BCUT2D eigenvalue weighted by atomic mass is 10.2. The Labute approximate surface area is 104 Å². The largest absolute Gasteiger partial charge is 0.339 e. The number of carbonyl (C=O) groups is 1. The zero-order valence-electron chi connectivity index (χ0n) is 9.64. The van der Waals surface area contributed by atoms with Gasteiger partial charge in [-0.25, -0.2) is 0 Å². The highest BCUT2D eigenvalue weighted by Crippen LogP contribution is 2.23. The molecule has 0 N–H and O–H groups in total. The predicted molar refractivity (Wildman–Crippen MR) is 65.4 cm³/mol. The first-order chi connectivity index (χ1) is 8.01. The summed E-state index contributed by atoms with van der Waals surface area (Å²) in [4.78, 5) is 23.6. The minimum absolute atomic E-state index is 0.108. The van der Waals surface area contributed by atoms with Crippen molar-refractivity contribution in [2.45, 2.75) is 13.8 Å². The number of nitrogens with zero attached hydrogens (tertiary/aromatic N) is 2. The van der Waals surface area contributed by atoms with Gasteiger partial charge in [-0.15, -0.1) is 0 Å². The van der Waals surface area contributed by atoms with Crippen LogP contribution in [0.1, 0.15) is 24.2 Å². The van der Waals surface area contributed by atoms with Crippen LogP contribution in [0.5, 0.6) is 0 Å². The maximum Gasteiger partial charge on any atom is 0.270 e. The molecule has 1 rings (SSSR count). The van der Waals surface area contributed by atoms with Crippen LogP contribution < -0.4 is 0 Å². The third-order valence-corrected chi connectivity index (χ3v) is 2.76. The van der Waals surface area contributed by atoms with Crippen molar-refractivity contribution in [1.82, 2.24) is 4.90 Å². The van der Waals surface area contributed by atoms with Crippen LogP contribution in [0.4, 0.5) is 5.69 Å². The normalized spacial score (nSPS) is 10.1. The molecule has 0 spiro atoms. The van der Waals surface area contributed by atoms with Gasteiger partial charge in [0.1, 0.15) is 0 Å². The predicted octanol–water partition coefficient (Wildman–Crippen LogP) is 2.73. The Morgan fingerprint density at radius 1 is 1.41 bits per heavy atom. The number of carbonyl (C=O) groups excluding carboxylic acids is 1. The van der Waals surface area contributed by atoms with Crippen molar-refractivity contribution in [2.24, 2.45) is 0 Å². The molecule has 17 heavy (non-hydrogen) atoms. The minimum Gasteiger partial charge on any atom is -0.339 e. The molecular formula is C11H13ClN2O3. The van der Waals surface area contributed by atoms with Gasteiger partial charge in [0.05, 0.1) is 15.5 Å². The molecule has 6 heteroatoms. The maximum atomic E-state index is 12.0. The smallest absolute Gasteiger partial charge is 0.270 e. The fraction of sp³-hybridized carbons (Fsp3) is 0.364. The standard InChI is InChI=1S/C11H13ClN2O3/c1-3-13(4-2)11(15)9-6-5-8(14(16)17)7-10(9)12/h5-7H,3-4H2,1-2H3. The van der Waals surface area contributed by atoms with E-state index in [4.69, 9.17) is 11.6 Å². The van der Waals surface area contributed by atoms with E-state index in [2.05, 4.69) is 0 Å². The molecule has 0 unspecified atom stereocenters. The monoisotopic (exact) mass is 256 g/mol. The average Bonchev–Trinajstić information content (AvgIpc) is 2.30. The molecule has 92 valence electrons. The second kappa shape index (κ2) is 5.63. The van der Waals surface area contributed by atoms with Crippen molar-refractivity contribution in [3.05, 3.63) is 38.9 Å². The SMILES string of the molecule is CCN(CC)C(=O)c1ccc([N+](=O)[O-])cc1Cl. The van der Waals surface area contributed by atoms with Gasteiger partial charge >= 0.3 is 0 Å². The average molecular weight is 257 g/mol. The Kier molecular flexibility index (Phi) is 4.45. The van der Waals surface area contributed by atoms with Crippen LogP contribution in [0, 0.1) is 10.1 Å². The van der Waals surface area contributed by atoms with Gasteiger partial charge in [-0.3, -0.25) is 14.9 Å². The Balaban J connectivity index is 3.07. The Hall–Kier alpha value is -1.62. The molecule has 0 aliphatic heterocycles. The molecule has 0 saturated heterocycles. The van der Waals surface area contributed by atoms with Crippen LogP contribution in [0.2, 0.25) is 5.02 Å². The lowest BCUT2D eigenvalue weighted by molar-refractivity contribution is -0.384. The first-order valence-corrected chi connectivity index (χ1v) is 5.62. The van der Waals surface area contributed by atoms with Gasteiger partial charge in [0.2, 0.25) is 0 Å². The summed E-state index contributed by atoms with van der Waals surface area (Å²) in [5, 5.41) is 10.6. The van der Waals surface area contributed by atoms with E-state index < -0.39 is 4.92 Å². The molecule has 0 bridgehead atoms. The van der Waals surface area contributed by atoms with Gasteiger partial charge in [0.25, 0.3) is 11.6 Å². The second-order valence-corrected chi connectivity index (χ2v) is 3.81. The van der Waals surface area contributed by atoms with Gasteiger partial charge in [0.15, 0.2) is 0 Å². The highest BCUT2D eigenvalue weighted by molar-refractivity contribution is 6.34. The summed E-state index contributed by atoms with van der Waals surface area (Å²) >= 11 is 5.87. The van der Waals surface area contributed by atoms with E-state index in [1.807, 2.05) is 13.8 Å². The number of nitro benzene ring substituents is 1. The molecule has 0 heterocycles. The highest BCUT2D eigenvalue weighted by atomic mass is 35.5. The van der Waals surface area contributed by atoms with Crippen LogP contribution in [-0.4, -0.2) is 28.8 Å². The van der Waals surface area contributed by atoms with Crippen LogP contribution in [0.25, 0.3) is 0 Å².